The number of fused-ring (bicyclic) bond motifs is 1. The van der Waals surface area contributed by atoms with Crippen molar-refractivity contribution in [3.05, 3.63) is 57.8 Å². The van der Waals surface area contributed by atoms with Gasteiger partial charge >= 0.3 is 0 Å². The number of benzene rings is 1. The average molecular weight is 287 g/mol. The summed E-state index contributed by atoms with van der Waals surface area (Å²) in [7, 11) is 0. The van der Waals surface area contributed by atoms with Crippen LogP contribution in [-0.4, -0.2) is 19.0 Å². The maximum absolute atomic E-state index is 12.4. The highest BCUT2D eigenvalue weighted by Gasteiger charge is 2.10. The highest BCUT2D eigenvalue weighted by molar-refractivity contribution is 7.12. The van der Waals surface area contributed by atoms with E-state index in [1.807, 2.05) is 31.2 Å². The van der Waals surface area contributed by atoms with Crippen LogP contribution >= 0.6 is 11.5 Å². The summed E-state index contributed by atoms with van der Waals surface area (Å²) in [4.78, 5) is 17.3. The van der Waals surface area contributed by atoms with Crippen molar-refractivity contribution in [2.75, 3.05) is 0 Å². The minimum atomic E-state index is -0.0625. The smallest absolute Gasteiger partial charge is 0.264 e. The molecule has 2 heterocycles. The van der Waals surface area contributed by atoms with Crippen molar-refractivity contribution in [1.29, 1.82) is 0 Å². The van der Waals surface area contributed by atoms with Gasteiger partial charge in [0.1, 0.15) is 0 Å². The van der Waals surface area contributed by atoms with Crippen LogP contribution in [-0.2, 0) is 13.2 Å². The minimum Gasteiger partial charge on any atom is -0.392 e. The standard InChI is InChI=1S/C14H13N3O2S/c1-9-12-13(20-16-9)15-8-17(14(12)19)6-10-2-4-11(7-18)5-3-10/h2-5,8,18H,6-7H2,1H3. The van der Waals surface area contributed by atoms with Crippen molar-refractivity contribution in [3.8, 4) is 0 Å². The van der Waals surface area contributed by atoms with E-state index in [-0.39, 0.29) is 12.2 Å². The number of aromatic nitrogens is 3. The van der Waals surface area contributed by atoms with Crippen LogP contribution in [0.2, 0.25) is 0 Å². The molecule has 0 atom stereocenters. The van der Waals surface area contributed by atoms with Gasteiger partial charge in [0.2, 0.25) is 0 Å². The van der Waals surface area contributed by atoms with Gasteiger partial charge in [-0.05, 0) is 29.6 Å². The van der Waals surface area contributed by atoms with Crippen LogP contribution in [0.1, 0.15) is 16.8 Å². The normalized spacial score (nSPS) is 11.1. The Morgan fingerprint density at radius 1 is 1.25 bits per heavy atom. The zero-order valence-corrected chi connectivity index (χ0v) is 11.7. The largest absolute Gasteiger partial charge is 0.392 e. The van der Waals surface area contributed by atoms with Gasteiger partial charge in [0, 0.05) is 0 Å². The summed E-state index contributed by atoms with van der Waals surface area (Å²) in [6.45, 7) is 2.30. The molecule has 0 aliphatic heterocycles. The van der Waals surface area contributed by atoms with E-state index < -0.39 is 0 Å². The first-order chi connectivity index (χ1) is 9.69. The Hall–Kier alpha value is -2.05. The first-order valence-electron chi connectivity index (χ1n) is 6.19. The van der Waals surface area contributed by atoms with Gasteiger partial charge in [0.15, 0.2) is 4.83 Å². The van der Waals surface area contributed by atoms with Gasteiger partial charge < -0.3 is 5.11 Å². The van der Waals surface area contributed by atoms with E-state index in [9.17, 15) is 4.79 Å². The van der Waals surface area contributed by atoms with Crippen LogP contribution in [0, 0.1) is 6.92 Å². The number of nitrogens with zero attached hydrogens (tertiary/aromatic N) is 3. The van der Waals surface area contributed by atoms with Crippen molar-refractivity contribution in [2.24, 2.45) is 0 Å². The van der Waals surface area contributed by atoms with E-state index in [4.69, 9.17) is 5.11 Å². The van der Waals surface area contributed by atoms with Crippen molar-refractivity contribution in [2.45, 2.75) is 20.1 Å². The molecule has 0 aliphatic carbocycles. The highest BCUT2D eigenvalue weighted by Crippen LogP contribution is 2.15. The summed E-state index contributed by atoms with van der Waals surface area (Å²) in [5.74, 6) is 0. The van der Waals surface area contributed by atoms with Crippen LogP contribution in [0.25, 0.3) is 10.2 Å². The third kappa shape index (κ3) is 2.23. The number of aryl methyl sites for hydroxylation is 1. The van der Waals surface area contributed by atoms with Crippen LogP contribution < -0.4 is 5.56 Å². The molecule has 0 radical (unpaired) electrons. The predicted octanol–water partition coefficient (Wildman–Crippen LogP) is 1.70. The number of aliphatic hydroxyl groups excluding tert-OH is 1. The fraction of sp³-hybridized carbons (Fsp3) is 0.214. The van der Waals surface area contributed by atoms with Gasteiger partial charge in [-0.1, -0.05) is 24.3 Å². The van der Waals surface area contributed by atoms with Gasteiger partial charge in [0.05, 0.1) is 30.6 Å². The lowest BCUT2D eigenvalue weighted by atomic mass is 10.1. The molecule has 2 aromatic heterocycles. The second-order valence-electron chi connectivity index (χ2n) is 4.60. The van der Waals surface area contributed by atoms with Crippen molar-refractivity contribution in [3.63, 3.8) is 0 Å². The molecule has 0 spiro atoms. The van der Waals surface area contributed by atoms with E-state index in [1.54, 1.807) is 10.9 Å². The molecule has 0 fully saturated rings. The van der Waals surface area contributed by atoms with Gasteiger partial charge in [-0.15, -0.1) is 0 Å². The summed E-state index contributed by atoms with van der Waals surface area (Å²) in [5, 5.41) is 9.62. The molecular formula is C14H13N3O2S. The fourth-order valence-corrected chi connectivity index (χ4v) is 2.80. The second-order valence-corrected chi connectivity index (χ2v) is 5.35. The van der Waals surface area contributed by atoms with Crippen molar-refractivity contribution < 1.29 is 5.11 Å². The van der Waals surface area contributed by atoms with Gasteiger partial charge in [0.25, 0.3) is 5.56 Å². The maximum Gasteiger partial charge on any atom is 0.264 e. The van der Waals surface area contributed by atoms with Gasteiger partial charge in [-0.3, -0.25) is 9.36 Å². The van der Waals surface area contributed by atoms with E-state index >= 15 is 0 Å². The summed E-state index contributed by atoms with van der Waals surface area (Å²) in [6.07, 6.45) is 1.56. The number of rotatable bonds is 3. The van der Waals surface area contributed by atoms with E-state index in [2.05, 4.69) is 9.36 Å². The molecule has 0 saturated heterocycles. The summed E-state index contributed by atoms with van der Waals surface area (Å²) < 4.78 is 5.75. The zero-order valence-electron chi connectivity index (χ0n) is 10.9. The molecule has 0 bridgehead atoms. The van der Waals surface area contributed by atoms with Crippen molar-refractivity contribution in [1.82, 2.24) is 13.9 Å². The molecular weight excluding hydrogens is 274 g/mol. The molecule has 0 unspecified atom stereocenters. The van der Waals surface area contributed by atoms with E-state index in [0.717, 1.165) is 16.8 Å². The zero-order chi connectivity index (χ0) is 14.1. The SMILES string of the molecule is Cc1nsc2ncn(Cc3ccc(CO)cc3)c(=O)c12. The van der Waals surface area contributed by atoms with E-state index in [0.29, 0.717) is 16.8 Å². The Morgan fingerprint density at radius 3 is 2.65 bits per heavy atom. The molecule has 0 amide bonds. The summed E-state index contributed by atoms with van der Waals surface area (Å²) in [6, 6.07) is 7.51. The average Bonchev–Trinajstić information content (AvgIpc) is 2.85. The minimum absolute atomic E-state index is 0.0213. The quantitative estimate of drug-likeness (QED) is 0.796. The number of hydrogen-bond acceptors (Lipinski definition) is 5. The second kappa shape index (κ2) is 5.15. The van der Waals surface area contributed by atoms with Gasteiger partial charge in [-0.2, -0.15) is 4.37 Å². The summed E-state index contributed by atoms with van der Waals surface area (Å²) in [5.41, 5.74) is 2.51. The lowest BCUT2D eigenvalue weighted by Gasteiger charge is -2.06. The molecule has 5 nitrogen and oxygen atoms in total. The molecule has 0 aliphatic rings. The third-order valence-corrected chi connectivity index (χ3v) is 4.04. The number of aliphatic hydroxyl groups is 1. The molecule has 3 rings (SSSR count). The van der Waals surface area contributed by atoms with Crippen LogP contribution in [0.5, 0.6) is 0 Å². The Balaban J connectivity index is 1.99. The van der Waals surface area contributed by atoms with E-state index in [1.165, 1.54) is 11.5 Å². The predicted molar refractivity (Wildman–Crippen MR) is 77.9 cm³/mol. The molecule has 6 heteroatoms. The van der Waals surface area contributed by atoms with Crippen LogP contribution in [0.4, 0.5) is 0 Å². The van der Waals surface area contributed by atoms with Crippen LogP contribution in [0.15, 0.2) is 35.4 Å². The van der Waals surface area contributed by atoms with Crippen LogP contribution in [0.3, 0.4) is 0 Å². The molecule has 3 aromatic rings. The Kier molecular flexibility index (Phi) is 3.33. The molecule has 1 N–H and O–H groups in total. The number of hydrogen-bond donors (Lipinski definition) is 1. The van der Waals surface area contributed by atoms with Gasteiger partial charge in [-0.25, -0.2) is 4.98 Å². The first kappa shape index (κ1) is 13.0. The fourth-order valence-electron chi connectivity index (χ4n) is 2.07. The highest BCUT2D eigenvalue weighted by atomic mass is 32.1. The maximum atomic E-state index is 12.4. The Bertz CT molecular complexity index is 805. The third-order valence-electron chi connectivity index (χ3n) is 3.19. The lowest BCUT2D eigenvalue weighted by molar-refractivity contribution is 0.282. The Labute approximate surface area is 119 Å². The topological polar surface area (TPSA) is 68.0 Å². The molecule has 0 saturated carbocycles. The lowest BCUT2D eigenvalue weighted by Crippen LogP contribution is -2.21. The van der Waals surface area contributed by atoms with Crippen molar-refractivity contribution >= 4 is 21.7 Å². The molecule has 20 heavy (non-hydrogen) atoms. The monoisotopic (exact) mass is 287 g/mol. The summed E-state index contributed by atoms with van der Waals surface area (Å²) >= 11 is 1.25. The molecule has 102 valence electrons. The molecule has 1 aromatic carbocycles. The first-order valence-corrected chi connectivity index (χ1v) is 6.96. The Morgan fingerprint density at radius 2 is 1.95 bits per heavy atom.